The number of aromatic nitrogens is 1. The van der Waals surface area contributed by atoms with E-state index in [1.54, 1.807) is 0 Å². The SMILES string of the molecule is S=C(NCC1(c2ccc(Cl)cc2)CCOCC1)Nc1ccc(N2CCN(c3ccccc3)CC2)nc1. The summed E-state index contributed by atoms with van der Waals surface area (Å²) in [5.41, 5.74) is 3.40. The maximum absolute atomic E-state index is 6.12. The molecule has 6 nitrogen and oxygen atoms in total. The average molecular weight is 522 g/mol. The maximum atomic E-state index is 6.12. The first-order valence-corrected chi connectivity index (χ1v) is 13.3. The Morgan fingerprint density at radius 3 is 2.28 bits per heavy atom. The van der Waals surface area contributed by atoms with Crippen LogP contribution in [0, 0.1) is 0 Å². The Balaban J connectivity index is 1.14. The van der Waals surface area contributed by atoms with E-state index in [9.17, 15) is 0 Å². The molecule has 0 atom stereocenters. The molecular formula is C28H32ClN5OS. The first-order chi connectivity index (χ1) is 17.6. The third kappa shape index (κ3) is 5.91. The first-order valence-electron chi connectivity index (χ1n) is 12.5. The highest BCUT2D eigenvalue weighted by Gasteiger charge is 2.34. The molecule has 0 unspecified atom stereocenters. The molecule has 2 aliphatic rings. The summed E-state index contributed by atoms with van der Waals surface area (Å²) in [4.78, 5) is 9.46. The van der Waals surface area contributed by atoms with Crippen molar-refractivity contribution in [1.82, 2.24) is 10.3 Å². The lowest BCUT2D eigenvalue weighted by atomic mass is 9.74. The van der Waals surface area contributed by atoms with Crippen LogP contribution in [0.2, 0.25) is 5.02 Å². The minimum absolute atomic E-state index is 0.0292. The van der Waals surface area contributed by atoms with E-state index < -0.39 is 0 Å². The number of rotatable bonds is 6. The van der Waals surface area contributed by atoms with Gasteiger partial charge in [0.05, 0.1) is 11.9 Å². The lowest BCUT2D eigenvalue weighted by Gasteiger charge is -2.38. The second-order valence-electron chi connectivity index (χ2n) is 9.42. The van der Waals surface area contributed by atoms with E-state index in [2.05, 4.69) is 69.0 Å². The first kappa shape index (κ1) is 24.8. The zero-order valence-electron chi connectivity index (χ0n) is 20.3. The number of hydrogen-bond donors (Lipinski definition) is 2. The number of pyridine rings is 1. The minimum atomic E-state index is -0.0292. The van der Waals surface area contributed by atoms with Gasteiger partial charge in [-0.3, -0.25) is 0 Å². The molecule has 0 bridgehead atoms. The van der Waals surface area contributed by atoms with Crippen LogP contribution >= 0.6 is 23.8 Å². The van der Waals surface area contributed by atoms with Crippen molar-refractivity contribution in [2.75, 3.05) is 61.1 Å². The van der Waals surface area contributed by atoms with Gasteiger partial charge in [0.15, 0.2) is 5.11 Å². The van der Waals surface area contributed by atoms with Crippen LogP contribution in [0.3, 0.4) is 0 Å². The molecule has 3 aromatic rings. The highest BCUT2D eigenvalue weighted by atomic mass is 35.5. The number of anilines is 3. The number of piperazine rings is 1. The van der Waals surface area contributed by atoms with Gasteiger partial charge in [-0.2, -0.15) is 0 Å². The second kappa shape index (κ2) is 11.5. The summed E-state index contributed by atoms with van der Waals surface area (Å²) >= 11 is 11.7. The number of hydrogen-bond acceptors (Lipinski definition) is 5. The van der Waals surface area contributed by atoms with Crippen molar-refractivity contribution in [1.29, 1.82) is 0 Å². The average Bonchev–Trinajstić information content (AvgIpc) is 2.94. The summed E-state index contributed by atoms with van der Waals surface area (Å²) < 4.78 is 5.64. The van der Waals surface area contributed by atoms with Crippen LogP contribution in [0.4, 0.5) is 17.2 Å². The molecule has 0 saturated carbocycles. The number of thiocarbonyl (C=S) groups is 1. The third-order valence-electron chi connectivity index (χ3n) is 7.22. The normalized spacial score (nSPS) is 17.5. The van der Waals surface area contributed by atoms with Crippen molar-refractivity contribution in [3.8, 4) is 0 Å². The molecule has 1 aromatic heterocycles. The van der Waals surface area contributed by atoms with Crippen LogP contribution in [0.1, 0.15) is 18.4 Å². The summed E-state index contributed by atoms with van der Waals surface area (Å²) in [6.07, 6.45) is 3.74. The summed E-state index contributed by atoms with van der Waals surface area (Å²) in [5, 5.41) is 8.09. The van der Waals surface area contributed by atoms with Gasteiger partial charge in [0.25, 0.3) is 0 Å². The van der Waals surface area contributed by atoms with Gasteiger partial charge >= 0.3 is 0 Å². The van der Waals surface area contributed by atoms with Gasteiger partial charge in [0.1, 0.15) is 5.82 Å². The van der Waals surface area contributed by atoms with Gasteiger partial charge in [-0.05, 0) is 67.0 Å². The Bertz CT molecular complexity index is 1130. The number of ether oxygens (including phenoxy) is 1. The molecule has 0 radical (unpaired) electrons. The van der Waals surface area contributed by atoms with Gasteiger partial charge in [0.2, 0.25) is 0 Å². The topological polar surface area (TPSA) is 52.7 Å². The highest BCUT2D eigenvalue weighted by Crippen LogP contribution is 2.35. The number of nitrogens with zero attached hydrogens (tertiary/aromatic N) is 3. The van der Waals surface area contributed by atoms with Crippen molar-refractivity contribution in [3.05, 3.63) is 83.5 Å². The van der Waals surface area contributed by atoms with E-state index >= 15 is 0 Å². The van der Waals surface area contributed by atoms with E-state index in [0.29, 0.717) is 5.11 Å². The van der Waals surface area contributed by atoms with Crippen LogP contribution in [0.5, 0.6) is 0 Å². The largest absolute Gasteiger partial charge is 0.381 e. The molecule has 5 rings (SSSR count). The van der Waals surface area contributed by atoms with E-state index in [0.717, 1.165) is 75.3 Å². The molecule has 0 spiro atoms. The smallest absolute Gasteiger partial charge is 0.170 e. The van der Waals surface area contributed by atoms with E-state index in [-0.39, 0.29) is 5.41 Å². The quantitative estimate of drug-likeness (QED) is 0.438. The fraction of sp³-hybridized carbons (Fsp3) is 0.357. The highest BCUT2D eigenvalue weighted by molar-refractivity contribution is 7.80. The fourth-order valence-corrected chi connectivity index (χ4v) is 5.35. The van der Waals surface area contributed by atoms with Crippen LogP contribution < -0.4 is 20.4 Å². The zero-order chi connectivity index (χ0) is 24.8. The molecule has 36 heavy (non-hydrogen) atoms. The molecule has 2 aliphatic heterocycles. The third-order valence-corrected chi connectivity index (χ3v) is 7.72. The number of benzene rings is 2. The molecule has 3 heterocycles. The lowest BCUT2D eigenvalue weighted by Crippen LogP contribution is -2.46. The molecule has 8 heteroatoms. The van der Waals surface area contributed by atoms with Crippen LogP contribution in [-0.4, -0.2) is 56.0 Å². The number of para-hydroxylation sites is 1. The summed E-state index contributed by atoms with van der Waals surface area (Å²) in [6, 6.07) is 22.9. The van der Waals surface area contributed by atoms with Crippen LogP contribution in [0.15, 0.2) is 72.9 Å². The van der Waals surface area contributed by atoms with Gasteiger partial charge in [-0.15, -0.1) is 0 Å². The van der Waals surface area contributed by atoms with Crippen molar-refractivity contribution in [2.24, 2.45) is 0 Å². The predicted octanol–water partition coefficient (Wildman–Crippen LogP) is 5.10. The fourth-order valence-electron chi connectivity index (χ4n) is 5.04. The van der Waals surface area contributed by atoms with Gasteiger partial charge < -0.3 is 25.2 Å². The lowest BCUT2D eigenvalue weighted by molar-refractivity contribution is 0.0515. The molecule has 0 aliphatic carbocycles. The zero-order valence-corrected chi connectivity index (χ0v) is 21.9. The Morgan fingerprint density at radius 1 is 0.917 bits per heavy atom. The van der Waals surface area contributed by atoms with E-state index in [1.165, 1.54) is 11.3 Å². The molecule has 2 fully saturated rings. The standard InChI is InChI=1S/C28H32ClN5OS/c29-23-8-6-22(7-9-23)28(12-18-35-19-13-28)21-31-27(36)32-24-10-11-26(30-20-24)34-16-14-33(15-17-34)25-4-2-1-3-5-25/h1-11,20H,12-19,21H2,(H2,31,32,36). The van der Waals surface area contributed by atoms with Crippen molar-refractivity contribution in [2.45, 2.75) is 18.3 Å². The van der Waals surface area contributed by atoms with Crippen LogP contribution in [-0.2, 0) is 10.2 Å². The molecule has 2 N–H and O–H groups in total. The Hall–Kier alpha value is -2.87. The predicted molar refractivity (Wildman–Crippen MR) is 153 cm³/mol. The molecule has 188 valence electrons. The maximum Gasteiger partial charge on any atom is 0.170 e. The molecule has 0 amide bonds. The van der Waals surface area contributed by atoms with E-state index in [1.807, 2.05) is 24.4 Å². The molecule has 2 saturated heterocycles. The summed E-state index contributed by atoms with van der Waals surface area (Å²) in [7, 11) is 0. The monoisotopic (exact) mass is 521 g/mol. The Labute approximate surface area is 223 Å². The van der Waals surface area contributed by atoms with Crippen molar-refractivity contribution >= 4 is 46.1 Å². The van der Waals surface area contributed by atoms with Gasteiger partial charge in [-0.1, -0.05) is 41.9 Å². The molecule has 2 aromatic carbocycles. The summed E-state index contributed by atoms with van der Waals surface area (Å²) in [6.45, 7) is 6.10. The Kier molecular flexibility index (Phi) is 7.90. The Morgan fingerprint density at radius 2 is 1.61 bits per heavy atom. The van der Waals surface area contributed by atoms with Crippen LogP contribution in [0.25, 0.3) is 0 Å². The number of halogens is 1. The minimum Gasteiger partial charge on any atom is -0.381 e. The number of nitrogens with one attached hydrogen (secondary N) is 2. The van der Waals surface area contributed by atoms with Gasteiger partial charge in [-0.25, -0.2) is 4.98 Å². The summed E-state index contributed by atoms with van der Waals surface area (Å²) in [5.74, 6) is 0.996. The van der Waals surface area contributed by atoms with Crippen molar-refractivity contribution < 1.29 is 4.74 Å². The van der Waals surface area contributed by atoms with Gasteiger partial charge in [0, 0.05) is 62.1 Å². The van der Waals surface area contributed by atoms with Crippen molar-refractivity contribution in [3.63, 3.8) is 0 Å². The molecular weight excluding hydrogens is 490 g/mol. The van der Waals surface area contributed by atoms with E-state index in [4.69, 9.17) is 33.5 Å². The second-order valence-corrected chi connectivity index (χ2v) is 10.3.